The second kappa shape index (κ2) is 10.1. The highest BCUT2D eigenvalue weighted by molar-refractivity contribution is 7.92. The number of carbonyl (C=O) groups is 1. The van der Waals surface area contributed by atoms with Crippen LogP contribution in [0.5, 0.6) is 0 Å². The third-order valence-electron chi connectivity index (χ3n) is 7.55. The van der Waals surface area contributed by atoms with Crippen molar-refractivity contribution in [3.8, 4) is 0 Å². The van der Waals surface area contributed by atoms with E-state index in [-0.39, 0.29) is 46.5 Å². The summed E-state index contributed by atoms with van der Waals surface area (Å²) in [6.07, 6.45) is 1.61. The van der Waals surface area contributed by atoms with Gasteiger partial charge in [0.1, 0.15) is 0 Å². The molecular weight excluding hydrogens is 569 g/mol. The first-order chi connectivity index (χ1) is 17.5. The molecule has 1 amide bonds. The number of hydrogen-bond acceptors (Lipinski definition) is 6. The van der Waals surface area contributed by atoms with Gasteiger partial charge in [-0.2, -0.15) is 0 Å². The summed E-state index contributed by atoms with van der Waals surface area (Å²) in [5, 5.41) is 12.5. The fraction of sp³-hybridized carbons (Fsp3) is 0.458. The molecule has 0 aromatic heterocycles. The first-order valence-electron chi connectivity index (χ1n) is 11.7. The predicted molar refractivity (Wildman–Crippen MR) is 134 cm³/mol. The van der Waals surface area contributed by atoms with Gasteiger partial charge in [-0.15, -0.1) is 0 Å². The molecule has 2 aromatic rings. The van der Waals surface area contributed by atoms with E-state index in [9.17, 15) is 39.9 Å². The number of carbonyl (C=O) groups excluding carboxylic acids is 1. The molecule has 1 unspecified atom stereocenters. The van der Waals surface area contributed by atoms with Gasteiger partial charge >= 0.3 is 0 Å². The molecule has 0 spiro atoms. The summed E-state index contributed by atoms with van der Waals surface area (Å²) in [4.78, 5) is 12.4. The van der Waals surface area contributed by atoms with Crippen LogP contribution in [-0.2, 0) is 19.9 Å². The van der Waals surface area contributed by atoms with Gasteiger partial charge in [0, 0.05) is 29.9 Å². The summed E-state index contributed by atoms with van der Waals surface area (Å²) in [5.41, 5.74) is -1.94. The highest BCUT2D eigenvalue weighted by Gasteiger charge is 2.58. The number of benzene rings is 2. The molecule has 38 heavy (non-hydrogen) atoms. The largest absolute Gasteiger partial charge is 0.388 e. The van der Waals surface area contributed by atoms with Gasteiger partial charge in [0.05, 0.1) is 27.0 Å². The minimum atomic E-state index is -4.11. The maximum absolute atomic E-state index is 13.7. The molecule has 208 valence electrons. The molecule has 2 aromatic carbocycles. The number of anilines is 1. The van der Waals surface area contributed by atoms with Crippen LogP contribution in [0.2, 0.25) is 5.02 Å². The minimum absolute atomic E-state index is 0.0584. The molecule has 0 aliphatic heterocycles. The number of hydrogen-bond donors (Lipinski definition) is 3. The highest BCUT2D eigenvalue weighted by atomic mass is 35.5. The Balaban J connectivity index is 1.59. The lowest BCUT2D eigenvalue weighted by atomic mass is 9.73. The quantitative estimate of drug-likeness (QED) is 0.421. The Morgan fingerprint density at radius 2 is 1.71 bits per heavy atom. The van der Waals surface area contributed by atoms with Crippen LogP contribution in [0.3, 0.4) is 0 Å². The van der Waals surface area contributed by atoms with Crippen LogP contribution in [0.4, 0.5) is 18.9 Å². The van der Waals surface area contributed by atoms with E-state index in [4.69, 9.17) is 11.6 Å². The topological polar surface area (TPSA) is 130 Å². The zero-order chi connectivity index (χ0) is 28.2. The van der Waals surface area contributed by atoms with Crippen LogP contribution in [0, 0.1) is 35.2 Å². The molecule has 2 aliphatic carbocycles. The van der Waals surface area contributed by atoms with Gasteiger partial charge in [-0.05, 0) is 55.2 Å². The van der Waals surface area contributed by atoms with Gasteiger partial charge < -0.3 is 10.4 Å². The van der Waals surface area contributed by atoms with E-state index in [1.54, 1.807) is 0 Å². The normalized spacial score (nSPS) is 27.3. The Labute approximate surface area is 223 Å². The monoisotopic (exact) mass is 594 g/mol. The Kier molecular flexibility index (Phi) is 7.65. The number of amides is 1. The fourth-order valence-corrected chi connectivity index (χ4v) is 8.56. The van der Waals surface area contributed by atoms with Gasteiger partial charge in [-0.25, -0.2) is 34.7 Å². The van der Waals surface area contributed by atoms with Crippen molar-refractivity contribution in [2.75, 3.05) is 18.1 Å². The summed E-state index contributed by atoms with van der Waals surface area (Å²) in [5.74, 6) is -6.65. The number of rotatable bonds is 7. The summed E-state index contributed by atoms with van der Waals surface area (Å²) in [7, 11) is -7.69. The maximum atomic E-state index is 13.7. The molecule has 2 aliphatic rings. The number of sulfonamides is 1. The van der Waals surface area contributed by atoms with Crippen molar-refractivity contribution in [3.63, 3.8) is 0 Å². The zero-order valence-corrected chi connectivity index (χ0v) is 22.7. The van der Waals surface area contributed by atoms with Crippen molar-refractivity contribution in [2.45, 2.75) is 41.9 Å². The molecule has 8 nitrogen and oxygen atoms in total. The van der Waals surface area contributed by atoms with Gasteiger partial charge in [0.25, 0.3) is 5.91 Å². The number of halogens is 4. The van der Waals surface area contributed by atoms with Crippen LogP contribution in [0.25, 0.3) is 0 Å². The zero-order valence-electron chi connectivity index (χ0n) is 20.3. The molecule has 4 rings (SSSR count). The second-order valence-corrected chi connectivity index (χ2v) is 14.5. The average molecular weight is 595 g/mol. The summed E-state index contributed by atoms with van der Waals surface area (Å²) < 4.78 is 93.1. The van der Waals surface area contributed by atoms with Gasteiger partial charge in [0.15, 0.2) is 27.3 Å². The van der Waals surface area contributed by atoms with Crippen molar-refractivity contribution in [3.05, 3.63) is 58.4 Å². The lowest BCUT2D eigenvalue weighted by molar-refractivity contribution is -0.0576. The van der Waals surface area contributed by atoms with E-state index < -0.39 is 65.9 Å². The lowest BCUT2D eigenvalue weighted by Crippen LogP contribution is -2.55. The third-order valence-corrected chi connectivity index (χ3v) is 10.9. The van der Waals surface area contributed by atoms with Crippen LogP contribution >= 0.6 is 11.6 Å². The Morgan fingerprint density at radius 1 is 1.08 bits per heavy atom. The summed E-state index contributed by atoms with van der Waals surface area (Å²) in [6, 6.07) is 4.67. The van der Waals surface area contributed by atoms with Crippen LogP contribution in [0.1, 0.15) is 36.5 Å². The minimum Gasteiger partial charge on any atom is -0.388 e. The Hall–Kier alpha value is -2.19. The molecule has 0 saturated heterocycles. The van der Waals surface area contributed by atoms with Crippen molar-refractivity contribution in [2.24, 2.45) is 17.8 Å². The van der Waals surface area contributed by atoms with Gasteiger partial charge in [0.2, 0.25) is 10.0 Å². The highest BCUT2D eigenvalue weighted by Crippen LogP contribution is 2.54. The van der Waals surface area contributed by atoms with E-state index in [0.29, 0.717) is 18.6 Å². The van der Waals surface area contributed by atoms with Crippen LogP contribution in [0.15, 0.2) is 35.2 Å². The second-order valence-electron chi connectivity index (χ2n) is 10.1. The molecule has 0 radical (unpaired) electrons. The predicted octanol–water partition coefficient (Wildman–Crippen LogP) is 3.50. The molecule has 0 heterocycles. The van der Waals surface area contributed by atoms with E-state index in [0.717, 1.165) is 12.3 Å². The molecule has 2 bridgehead atoms. The number of nitrogens with one attached hydrogen (secondary N) is 2. The molecule has 5 atom stereocenters. The molecular formula is C24H26ClF3N2O6S2. The van der Waals surface area contributed by atoms with Gasteiger partial charge in [-0.3, -0.25) is 4.79 Å². The third kappa shape index (κ3) is 5.44. The van der Waals surface area contributed by atoms with Crippen LogP contribution < -0.4 is 10.0 Å². The lowest BCUT2D eigenvalue weighted by Gasteiger charge is -2.43. The SMILES string of the molecule is C[C@H]1CC2C[C@@H](S(=O)(=O)c3cc(C(=O)Nc4cc(F)c(F)c(F)c4)ccc3Cl)C[C@H]1[C@]2(O)CNS(C)(=O)=O. The first-order valence-corrected chi connectivity index (χ1v) is 15.5. The average Bonchev–Trinajstić information content (AvgIpc) is 2.94. The van der Waals surface area contributed by atoms with Crippen molar-refractivity contribution >= 4 is 43.1 Å². The standard InChI is InChI=1S/C24H26ClF3N2O6S2/c1-12-5-14-7-16(10-17(12)24(14,32)11-29-37(2,33)34)38(35,36)21-6-13(3-4-18(21)25)23(31)30-15-8-19(26)22(28)20(27)9-15/h3-4,6,8-9,12,14,16-17,29,32H,5,7,10-11H2,1-2H3,(H,30,31)/t12-,14?,16+,17+,24-/m0/s1. The Morgan fingerprint density at radius 3 is 2.29 bits per heavy atom. The van der Waals surface area contributed by atoms with E-state index in [1.807, 2.05) is 6.92 Å². The smallest absolute Gasteiger partial charge is 0.255 e. The summed E-state index contributed by atoms with van der Waals surface area (Å²) >= 11 is 6.22. The van der Waals surface area contributed by atoms with E-state index in [2.05, 4.69) is 10.0 Å². The van der Waals surface area contributed by atoms with Crippen molar-refractivity contribution in [1.82, 2.24) is 4.72 Å². The van der Waals surface area contributed by atoms with Crippen molar-refractivity contribution in [1.29, 1.82) is 0 Å². The summed E-state index contributed by atoms with van der Waals surface area (Å²) in [6.45, 7) is 1.66. The van der Waals surface area contributed by atoms with E-state index >= 15 is 0 Å². The maximum Gasteiger partial charge on any atom is 0.255 e. The first kappa shape index (κ1) is 28.8. The molecule has 14 heteroatoms. The number of aliphatic hydroxyl groups is 1. The molecule has 2 fully saturated rings. The van der Waals surface area contributed by atoms with E-state index in [1.165, 1.54) is 12.1 Å². The number of fused-ring (bicyclic) bond motifs is 2. The number of sulfone groups is 1. The Bertz CT molecular complexity index is 1480. The van der Waals surface area contributed by atoms with Gasteiger partial charge in [-0.1, -0.05) is 18.5 Å². The van der Waals surface area contributed by atoms with Crippen LogP contribution in [-0.4, -0.2) is 51.5 Å². The van der Waals surface area contributed by atoms with Crippen molar-refractivity contribution < 1.29 is 39.9 Å². The molecule has 3 N–H and O–H groups in total. The molecule has 2 saturated carbocycles. The fourth-order valence-electron chi connectivity index (χ4n) is 5.69.